The highest BCUT2D eigenvalue weighted by Gasteiger charge is 2.60. The van der Waals surface area contributed by atoms with E-state index in [1.807, 2.05) is 12.2 Å². The summed E-state index contributed by atoms with van der Waals surface area (Å²) in [7, 11) is 0. The molecule has 1 nitrogen and oxygen atoms in total. The average Bonchev–Trinajstić information content (AvgIpc) is 3.20. The predicted molar refractivity (Wildman–Crippen MR) is 217 cm³/mol. The Kier molecular flexibility index (Phi) is 10.4. The second kappa shape index (κ2) is 14.9. The molecule has 0 spiro atoms. The van der Waals surface area contributed by atoms with E-state index in [0.717, 1.165) is 24.0 Å². The third-order valence-corrected chi connectivity index (χ3v) is 11.4. The monoisotopic (exact) mass is 666 g/mol. The van der Waals surface area contributed by atoms with Crippen molar-refractivity contribution in [3.63, 3.8) is 0 Å². The molecule has 0 aliphatic heterocycles. The van der Waals surface area contributed by atoms with Gasteiger partial charge in [0.2, 0.25) is 0 Å². The van der Waals surface area contributed by atoms with E-state index in [0.29, 0.717) is 0 Å². The Balaban J connectivity index is 1.73. The lowest BCUT2D eigenvalue weighted by molar-refractivity contribution is -0.185. The maximum Gasteiger partial charge on any atom is 0.0837 e. The molecule has 0 N–H and O–H groups in total. The van der Waals surface area contributed by atoms with Crippen LogP contribution in [0, 0.1) is 0 Å². The highest BCUT2D eigenvalue weighted by atomic mass is 16.5. The fourth-order valence-electron chi connectivity index (χ4n) is 8.65. The molecule has 0 amide bonds. The van der Waals surface area contributed by atoms with Crippen molar-refractivity contribution in [1.29, 1.82) is 0 Å². The molecule has 0 aliphatic carbocycles. The first-order valence-corrected chi connectivity index (χ1v) is 18.2. The van der Waals surface area contributed by atoms with Gasteiger partial charge in [-0.25, -0.2) is 0 Å². The largest absolute Gasteiger partial charge is 0.366 e. The summed E-state index contributed by atoms with van der Waals surface area (Å²) in [6.07, 6.45) is 5.30. The van der Waals surface area contributed by atoms with Gasteiger partial charge in [-0.05, 0) is 71.2 Å². The maximum absolute atomic E-state index is 8.25. The lowest BCUT2D eigenvalue weighted by Gasteiger charge is -2.58. The van der Waals surface area contributed by atoms with E-state index in [4.69, 9.17) is 4.74 Å². The quantitative estimate of drug-likeness (QED) is 0.105. The first-order chi connectivity index (χ1) is 24.8. The third kappa shape index (κ3) is 6.00. The van der Waals surface area contributed by atoms with Crippen molar-refractivity contribution in [1.82, 2.24) is 0 Å². The van der Waals surface area contributed by atoms with Crippen LogP contribution in [-0.2, 0) is 15.6 Å². The molecule has 6 rings (SSSR count). The number of hydrogen-bond donors (Lipinski definition) is 0. The summed E-state index contributed by atoms with van der Waals surface area (Å²) in [6.45, 7) is 17.3. The van der Waals surface area contributed by atoms with Gasteiger partial charge in [0.05, 0.1) is 22.0 Å². The molecule has 2 atom stereocenters. The van der Waals surface area contributed by atoms with E-state index in [1.54, 1.807) is 0 Å². The summed E-state index contributed by atoms with van der Waals surface area (Å²) >= 11 is 0. The van der Waals surface area contributed by atoms with Crippen LogP contribution in [0.15, 0.2) is 183 Å². The summed E-state index contributed by atoms with van der Waals surface area (Å²) in [6, 6.07) is 61.6. The molecule has 0 aromatic heterocycles. The van der Waals surface area contributed by atoms with E-state index >= 15 is 0 Å². The van der Waals surface area contributed by atoms with E-state index < -0.39 is 22.0 Å². The highest BCUT2D eigenvalue weighted by molar-refractivity contribution is 5.59. The molecule has 0 fully saturated rings. The predicted octanol–water partition coefficient (Wildman–Crippen LogP) is 12.7. The average molecular weight is 667 g/mol. The SMILES string of the molecule is C=Cc1ccc(C(c2ccccc2)(c2ccccc2)C(C)(CC)OC(C)(CC)C(c2ccccc2)(c2ccccc2)c2ccc(C=C)cc2)cc1. The van der Waals surface area contributed by atoms with Crippen LogP contribution in [0.5, 0.6) is 0 Å². The van der Waals surface area contributed by atoms with E-state index in [2.05, 4.69) is 211 Å². The van der Waals surface area contributed by atoms with Crippen molar-refractivity contribution in [2.75, 3.05) is 0 Å². The van der Waals surface area contributed by atoms with Gasteiger partial charge < -0.3 is 4.74 Å². The number of benzene rings is 6. The van der Waals surface area contributed by atoms with Crippen LogP contribution in [-0.4, -0.2) is 11.2 Å². The fourth-order valence-corrected chi connectivity index (χ4v) is 8.65. The summed E-state index contributed by atoms with van der Waals surface area (Å²) in [5.74, 6) is 0. The van der Waals surface area contributed by atoms with Crippen molar-refractivity contribution < 1.29 is 4.74 Å². The summed E-state index contributed by atoms with van der Waals surface area (Å²) in [5, 5.41) is 0. The molecular weight excluding hydrogens is 617 g/mol. The zero-order chi connectivity index (χ0) is 36.0. The zero-order valence-corrected chi connectivity index (χ0v) is 30.6. The first-order valence-electron chi connectivity index (χ1n) is 18.2. The molecule has 6 aromatic rings. The minimum Gasteiger partial charge on any atom is -0.366 e. The normalized spacial score (nSPS) is 14.2. The molecule has 6 aromatic carbocycles. The Morgan fingerprint density at radius 2 is 0.627 bits per heavy atom. The molecule has 0 bridgehead atoms. The van der Waals surface area contributed by atoms with Crippen molar-refractivity contribution in [3.8, 4) is 0 Å². The topological polar surface area (TPSA) is 9.23 Å². The smallest absolute Gasteiger partial charge is 0.0837 e. The molecule has 256 valence electrons. The minimum atomic E-state index is -0.758. The Bertz CT molecular complexity index is 1780. The van der Waals surface area contributed by atoms with Gasteiger partial charge >= 0.3 is 0 Å². The Morgan fingerprint density at radius 1 is 0.392 bits per heavy atom. The molecule has 51 heavy (non-hydrogen) atoms. The number of rotatable bonds is 14. The zero-order valence-electron chi connectivity index (χ0n) is 30.6. The second-order valence-electron chi connectivity index (χ2n) is 13.9. The summed E-state index contributed by atoms with van der Waals surface area (Å²) < 4.78 is 8.25. The van der Waals surface area contributed by atoms with Gasteiger partial charge in [0.15, 0.2) is 0 Å². The molecule has 1 heteroatoms. The summed E-state index contributed by atoms with van der Waals surface area (Å²) in [4.78, 5) is 0. The first kappa shape index (κ1) is 35.6. The van der Waals surface area contributed by atoms with Crippen LogP contribution in [0.2, 0.25) is 0 Å². The molecule has 2 unspecified atom stereocenters. The standard InChI is InChI=1S/C50H50O/c1-7-39-31-35-45(36-32-39)49(41-23-15-11-16-24-41,42-25-17-12-18-26-42)47(5,9-3)51-48(6,10-4)50(43-27-19-13-20-28-43,44-29-21-14-22-30-44)46-37-33-40(8-2)34-38-46/h7-8,11-38H,1-2,9-10H2,3-6H3. The lowest BCUT2D eigenvalue weighted by Crippen LogP contribution is -2.62. The van der Waals surface area contributed by atoms with Gasteiger partial charge in [-0.3, -0.25) is 0 Å². The molecule has 0 saturated carbocycles. The molecule has 0 heterocycles. The Morgan fingerprint density at radius 3 is 0.843 bits per heavy atom. The molecular formula is C50H50O. The van der Waals surface area contributed by atoms with Gasteiger partial charge in [0.1, 0.15) is 0 Å². The molecule has 0 radical (unpaired) electrons. The van der Waals surface area contributed by atoms with Crippen molar-refractivity contribution in [2.24, 2.45) is 0 Å². The van der Waals surface area contributed by atoms with Crippen LogP contribution in [0.1, 0.15) is 85.0 Å². The summed E-state index contributed by atoms with van der Waals surface area (Å²) in [5.41, 5.74) is 6.37. The van der Waals surface area contributed by atoms with Crippen molar-refractivity contribution in [3.05, 3.63) is 228 Å². The van der Waals surface area contributed by atoms with Crippen LogP contribution in [0.25, 0.3) is 12.2 Å². The lowest BCUT2D eigenvalue weighted by atomic mass is 9.56. The van der Waals surface area contributed by atoms with Gasteiger partial charge in [0.25, 0.3) is 0 Å². The molecule has 0 aliphatic rings. The number of ether oxygens (including phenoxy) is 1. The minimum absolute atomic E-state index is 0.688. The van der Waals surface area contributed by atoms with Crippen molar-refractivity contribution >= 4 is 12.2 Å². The van der Waals surface area contributed by atoms with Crippen LogP contribution >= 0.6 is 0 Å². The third-order valence-electron chi connectivity index (χ3n) is 11.4. The van der Waals surface area contributed by atoms with Crippen LogP contribution in [0.3, 0.4) is 0 Å². The Hall–Kier alpha value is -5.24. The Labute approximate surface area is 306 Å². The fraction of sp³-hybridized carbons (Fsp3) is 0.200. The molecule has 0 saturated heterocycles. The van der Waals surface area contributed by atoms with Gasteiger partial charge in [-0.15, -0.1) is 0 Å². The second-order valence-corrected chi connectivity index (χ2v) is 13.9. The number of hydrogen-bond acceptors (Lipinski definition) is 1. The van der Waals surface area contributed by atoms with Gasteiger partial charge in [-0.1, -0.05) is 209 Å². The van der Waals surface area contributed by atoms with Gasteiger partial charge in [-0.2, -0.15) is 0 Å². The van der Waals surface area contributed by atoms with E-state index in [-0.39, 0.29) is 0 Å². The highest BCUT2D eigenvalue weighted by Crippen LogP contribution is 2.57. The van der Waals surface area contributed by atoms with E-state index in [9.17, 15) is 0 Å². The van der Waals surface area contributed by atoms with Crippen LogP contribution in [0.4, 0.5) is 0 Å². The van der Waals surface area contributed by atoms with Crippen LogP contribution < -0.4 is 0 Å². The maximum atomic E-state index is 8.25. The van der Waals surface area contributed by atoms with E-state index in [1.165, 1.54) is 33.4 Å². The van der Waals surface area contributed by atoms with Gasteiger partial charge in [0, 0.05) is 0 Å². The van der Waals surface area contributed by atoms with Crippen molar-refractivity contribution in [2.45, 2.75) is 62.6 Å².